The van der Waals surface area contributed by atoms with Crippen molar-refractivity contribution in [2.24, 2.45) is 0 Å². The molecule has 3 aromatic rings. The Morgan fingerprint density at radius 3 is 2.50 bits per heavy atom. The summed E-state index contributed by atoms with van der Waals surface area (Å²) in [4.78, 5) is 41.3. The molecule has 3 amide bonds. The highest BCUT2D eigenvalue weighted by molar-refractivity contribution is 8.02. The van der Waals surface area contributed by atoms with Crippen molar-refractivity contribution in [1.82, 2.24) is 0 Å². The highest BCUT2D eigenvalue weighted by atomic mass is 32.2. The van der Waals surface area contributed by atoms with Gasteiger partial charge in [0, 0.05) is 16.9 Å². The van der Waals surface area contributed by atoms with Crippen LogP contribution in [-0.4, -0.2) is 30.0 Å². The van der Waals surface area contributed by atoms with E-state index in [2.05, 4.69) is 5.32 Å². The van der Waals surface area contributed by atoms with Gasteiger partial charge in [-0.15, -0.1) is 11.8 Å². The minimum Gasteiger partial charge on any atom is -0.325 e. The summed E-state index contributed by atoms with van der Waals surface area (Å²) < 4.78 is 14.1. The fraction of sp³-hybridized carbons (Fsp3) is 0.192. The van der Waals surface area contributed by atoms with Gasteiger partial charge in [-0.1, -0.05) is 41.5 Å². The van der Waals surface area contributed by atoms with Gasteiger partial charge in [-0.25, -0.2) is 4.39 Å². The molecule has 0 saturated carbocycles. The van der Waals surface area contributed by atoms with Crippen molar-refractivity contribution >= 4 is 46.5 Å². The lowest BCUT2D eigenvalue weighted by atomic mass is 10.0. The van der Waals surface area contributed by atoms with Crippen molar-refractivity contribution in [3.63, 3.8) is 0 Å². The molecule has 8 heteroatoms. The Labute approximate surface area is 200 Å². The molecule has 1 N–H and O–H groups in total. The number of carbonyl (C=O) groups is 3. The van der Waals surface area contributed by atoms with E-state index in [0.717, 1.165) is 11.1 Å². The number of nitrogens with zero attached hydrogens (tertiary/aromatic N) is 2. The number of hydrogen-bond donors (Lipinski definition) is 1. The van der Waals surface area contributed by atoms with E-state index in [1.54, 1.807) is 24.3 Å². The van der Waals surface area contributed by atoms with Crippen LogP contribution >= 0.6 is 11.8 Å². The highest BCUT2D eigenvalue weighted by Crippen LogP contribution is 2.55. The minimum atomic E-state index is -1.39. The monoisotopic (exact) mass is 475 g/mol. The normalized spacial score (nSPS) is 19.1. The van der Waals surface area contributed by atoms with Crippen molar-refractivity contribution in [3.05, 3.63) is 89.2 Å². The molecule has 3 aromatic carbocycles. The number of hydrogen-bond acceptors (Lipinski definition) is 4. The number of fused-ring (bicyclic) bond motifs is 2. The lowest BCUT2D eigenvalue weighted by Crippen LogP contribution is -2.51. The standard InChI is InChI=1S/C26H22FN3O3S/c1-16-6-9-19(10-7-16)28-23(31)14-29-22-11-8-17(2)12-21(22)26(25(29)33)30(24(32)15-34-26)20-5-3-4-18(27)13-20/h3-13H,14-15H2,1-2H3,(H,28,31)/t26-/m1/s1. The molecule has 2 heterocycles. The van der Waals surface area contributed by atoms with Gasteiger partial charge in [-0.2, -0.15) is 0 Å². The lowest BCUT2D eigenvalue weighted by molar-refractivity contribution is -0.124. The smallest absolute Gasteiger partial charge is 0.269 e. The molecule has 34 heavy (non-hydrogen) atoms. The van der Waals surface area contributed by atoms with E-state index in [-0.39, 0.29) is 24.1 Å². The number of benzene rings is 3. The number of amides is 3. The third-order valence-corrected chi connectivity index (χ3v) is 7.40. The first-order valence-corrected chi connectivity index (χ1v) is 11.8. The van der Waals surface area contributed by atoms with Crippen molar-refractivity contribution in [3.8, 4) is 0 Å². The van der Waals surface area contributed by atoms with Gasteiger partial charge < -0.3 is 5.32 Å². The Morgan fingerprint density at radius 1 is 1.03 bits per heavy atom. The molecule has 0 aromatic heterocycles. The van der Waals surface area contributed by atoms with Gasteiger partial charge in [0.15, 0.2) is 0 Å². The van der Waals surface area contributed by atoms with Crippen LogP contribution in [0.15, 0.2) is 66.7 Å². The Morgan fingerprint density at radius 2 is 1.76 bits per heavy atom. The van der Waals surface area contributed by atoms with Crippen LogP contribution in [0.2, 0.25) is 0 Å². The van der Waals surface area contributed by atoms with Crippen LogP contribution in [0, 0.1) is 19.7 Å². The summed E-state index contributed by atoms with van der Waals surface area (Å²) in [6, 6.07) is 18.6. The molecule has 2 aliphatic rings. The molecule has 6 nitrogen and oxygen atoms in total. The molecule has 1 atom stereocenters. The van der Waals surface area contributed by atoms with Crippen LogP contribution in [-0.2, 0) is 19.3 Å². The fourth-order valence-corrected chi connectivity index (χ4v) is 5.82. The zero-order valence-electron chi connectivity index (χ0n) is 18.7. The second-order valence-electron chi connectivity index (χ2n) is 8.47. The largest absolute Gasteiger partial charge is 0.325 e. The lowest BCUT2D eigenvalue weighted by Gasteiger charge is -2.33. The quantitative estimate of drug-likeness (QED) is 0.609. The van der Waals surface area contributed by atoms with Gasteiger partial charge in [-0.3, -0.25) is 24.2 Å². The van der Waals surface area contributed by atoms with Crippen LogP contribution in [0.1, 0.15) is 16.7 Å². The van der Waals surface area contributed by atoms with E-state index in [1.165, 1.54) is 39.8 Å². The van der Waals surface area contributed by atoms with E-state index in [9.17, 15) is 18.8 Å². The molecule has 0 aliphatic carbocycles. The van der Waals surface area contributed by atoms with Crippen LogP contribution in [0.3, 0.4) is 0 Å². The van der Waals surface area contributed by atoms with Gasteiger partial charge >= 0.3 is 0 Å². The van der Waals surface area contributed by atoms with Crippen LogP contribution in [0.4, 0.5) is 21.5 Å². The maximum Gasteiger partial charge on any atom is 0.269 e. The zero-order chi connectivity index (χ0) is 24.0. The maximum atomic E-state index is 14.1. The second-order valence-corrected chi connectivity index (χ2v) is 9.64. The SMILES string of the molecule is Cc1ccc(NC(=O)CN2C(=O)[C@]3(SCC(=O)N3c3cccc(F)c3)c3cc(C)ccc32)cc1. The molecular weight excluding hydrogens is 453 g/mol. The number of aryl methyl sites for hydroxylation is 2. The molecule has 172 valence electrons. The summed E-state index contributed by atoms with van der Waals surface area (Å²) in [6.07, 6.45) is 0. The summed E-state index contributed by atoms with van der Waals surface area (Å²) in [5.41, 5.74) is 4.11. The number of nitrogens with one attached hydrogen (secondary N) is 1. The van der Waals surface area contributed by atoms with Crippen molar-refractivity contribution in [2.45, 2.75) is 18.7 Å². The highest BCUT2D eigenvalue weighted by Gasteiger charge is 2.61. The van der Waals surface area contributed by atoms with Crippen molar-refractivity contribution in [1.29, 1.82) is 0 Å². The van der Waals surface area contributed by atoms with E-state index >= 15 is 0 Å². The van der Waals surface area contributed by atoms with E-state index in [1.807, 2.05) is 38.1 Å². The third-order valence-electron chi connectivity index (χ3n) is 6.02. The Hall–Kier alpha value is -3.65. The molecule has 0 bridgehead atoms. The van der Waals surface area contributed by atoms with Crippen molar-refractivity contribution in [2.75, 3.05) is 27.4 Å². The van der Waals surface area contributed by atoms with Gasteiger partial charge in [0.2, 0.25) is 16.7 Å². The van der Waals surface area contributed by atoms with Gasteiger partial charge in [0.05, 0.1) is 11.4 Å². The average molecular weight is 476 g/mol. The third kappa shape index (κ3) is 3.54. The molecule has 0 radical (unpaired) electrons. The Bertz CT molecular complexity index is 1330. The summed E-state index contributed by atoms with van der Waals surface area (Å²) in [5.74, 6) is -1.47. The summed E-state index contributed by atoms with van der Waals surface area (Å²) in [7, 11) is 0. The number of rotatable bonds is 4. The van der Waals surface area contributed by atoms with Gasteiger partial charge in [0.1, 0.15) is 12.4 Å². The topological polar surface area (TPSA) is 69.7 Å². The fourth-order valence-electron chi connectivity index (χ4n) is 4.47. The number of halogens is 1. The van der Waals surface area contributed by atoms with E-state index in [4.69, 9.17) is 0 Å². The Kier molecular flexibility index (Phi) is 5.40. The molecule has 1 saturated heterocycles. The van der Waals surface area contributed by atoms with E-state index < -0.39 is 16.6 Å². The van der Waals surface area contributed by atoms with Crippen LogP contribution in [0.25, 0.3) is 0 Å². The Balaban J connectivity index is 1.54. The first-order valence-electron chi connectivity index (χ1n) is 10.8. The zero-order valence-corrected chi connectivity index (χ0v) is 19.5. The summed E-state index contributed by atoms with van der Waals surface area (Å²) in [6.45, 7) is 3.65. The van der Waals surface area contributed by atoms with E-state index in [0.29, 0.717) is 22.6 Å². The molecule has 5 rings (SSSR count). The molecular formula is C26H22FN3O3S. The summed E-state index contributed by atoms with van der Waals surface area (Å²) >= 11 is 1.20. The first-order chi connectivity index (χ1) is 16.3. The number of thioether (sulfide) groups is 1. The van der Waals surface area contributed by atoms with Gasteiger partial charge in [-0.05, 0) is 50.2 Å². The first kappa shape index (κ1) is 22.2. The molecule has 2 aliphatic heterocycles. The summed E-state index contributed by atoms with van der Waals surface area (Å²) in [5, 5.41) is 2.83. The van der Waals surface area contributed by atoms with Crippen molar-refractivity contribution < 1.29 is 18.8 Å². The second kappa shape index (κ2) is 8.29. The minimum absolute atomic E-state index is 0.0685. The average Bonchev–Trinajstić information content (AvgIpc) is 3.26. The van der Waals surface area contributed by atoms with Crippen LogP contribution < -0.4 is 15.1 Å². The predicted octanol–water partition coefficient (Wildman–Crippen LogP) is 4.36. The molecule has 0 unspecified atom stereocenters. The number of carbonyl (C=O) groups excluding carboxylic acids is 3. The number of anilines is 3. The molecule has 1 spiro atoms. The maximum absolute atomic E-state index is 14.1. The molecule has 1 fully saturated rings. The van der Waals surface area contributed by atoms with Gasteiger partial charge in [0.25, 0.3) is 5.91 Å². The van der Waals surface area contributed by atoms with Crippen LogP contribution in [0.5, 0.6) is 0 Å². The predicted molar refractivity (Wildman–Crippen MR) is 131 cm³/mol.